The number of fused-ring (bicyclic) bond motifs is 1. The van der Waals surface area contributed by atoms with Crippen molar-refractivity contribution < 1.29 is 13.5 Å². The summed E-state index contributed by atoms with van der Waals surface area (Å²) in [7, 11) is 0. The highest BCUT2D eigenvalue weighted by Crippen LogP contribution is 2.36. The van der Waals surface area contributed by atoms with Crippen molar-refractivity contribution in [2.75, 3.05) is 5.32 Å². The fourth-order valence-corrected chi connectivity index (χ4v) is 3.15. The van der Waals surface area contributed by atoms with Crippen molar-refractivity contribution in [1.82, 2.24) is 14.8 Å². The highest BCUT2D eigenvalue weighted by atomic mass is 79.9. The van der Waals surface area contributed by atoms with Gasteiger partial charge in [-0.25, -0.2) is 4.68 Å². The number of anilines is 1. The maximum atomic E-state index is 12.8. The van der Waals surface area contributed by atoms with Gasteiger partial charge >= 0.3 is 6.61 Å². The van der Waals surface area contributed by atoms with E-state index in [1.54, 1.807) is 22.9 Å². The molecule has 0 amide bonds. The fourth-order valence-electron chi connectivity index (χ4n) is 2.88. The lowest BCUT2D eigenvalue weighted by molar-refractivity contribution is -0.0506. The van der Waals surface area contributed by atoms with Crippen LogP contribution in [0.15, 0.2) is 65.4 Å². The average molecular weight is 419 g/mol. The zero-order chi connectivity index (χ0) is 18.1. The number of halogens is 3. The molecule has 5 nitrogen and oxygen atoms in total. The van der Waals surface area contributed by atoms with Gasteiger partial charge in [0, 0.05) is 15.7 Å². The third kappa shape index (κ3) is 3.20. The molecule has 0 aliphatic carbocycles. The van der Waals surface area contributed by atoms with Crippen LogP contribution in [0.25, 0.3) is 5.70 Å². The van der Waals surface area contributed by atoms with Gasteiger partial charge in [0.1, 0.15) is 18.1 Å². The molecule has 4 rings (SSSR count). The Balaban J connectivity index is 1.81. The van der Waals surface area contributed by atoms with Crippen molar-refractivity contribution in [3.63, 3.8) is 0 Å². The summed E-state index contributed by atoms with van der Waals surface area (Å²) in [5, 5.41) is 7.44. The van der Waals surface area contributed by atoms with Crippen LogP contribution >= 0.6 is 15.9 Å². The predicted octanol–water partition coefficient (Wildman–Crippen LogP) is 4.70. The van der Waals surface area contributed by atoms with E-state index in [1.165, 1.54) is 12.4 Å². The minimum Gasteiger partial charge on any atom is -0.434 e. The molecule has 0 fully saturated rings. The first kappa shape index (κ1) is 16.7. The molecule has 26 heavy (non-hydrogen) atoms. The molecular weight excluding hydrogens is 406 g/mol. The van der Waals surface area contributed by atoms with Crippen LogP contribution in [0.4, 0.5) is 14.7 Å². The van der Waals surface area contributed by atoms with Crippen molar-refractivity contribution in [2.24, 2.45) is 0 Å². The number of ether oxygens (including phenoxy) is 1. The zero-order valence-corrected chi connectivity index (χ0v) is 14.9. The molecule has 132 valence electrons. The summed E-state index contributed by atoms with van der Waals surface area (Å²) in [6.45, 7) is -2.90. The van der Waals surface area contributed by atoms with Crippen molar-refractivity contribution >= 4 is 27.6 Å². The first-order chi connectivity index (χ1) is 12.6. The number of hydrogen-bond acceptors (Lipinski definition) is 4. The third-order valence-corrected chi connectivity index (χ3v) is 4.55. The molecule has 3 aromatic rings. The normalized spacial score (nSPS) is 16.0. The van der Waals surface area contributed by atoms with Crippen LogP contribution in [-0.2, 0) is 0 Å². The summed E-state index contributed by atoms with van der Waals surface area (Å²) in [5.74, 6) is 0.643. The standard InChI is InChI=1S/C18H13BrF2N4O/c19-12-7-5-11(6-8-12)14-9-15(25-18(24-14)22-10-23-25)13-3-1-2-4-16(13)26-17(20)21/h1-10,15,17H,(H,22,23,24). The van der Waals surface area contributed by atoms with Crippen LogP contribution < -0.4 is 10.1 Å². The van der Waals surface area contributed by atoms with E-state index in [0.29, 0.717) is 11.5 Å². The Morgan fingerprint density at radius 3 is 2.65 bits per heavy atom. The third-order valence-electron chi connectivity index (χ3n) is 4.02. The molecule has 0 saturated heterocycles. The molecule has 1 atom stereocenters. The van der Waals surface area contributed by atoms with Crippen molar-refractivity contribution in [2.45, 2.75) is 12.7 Å². The van der Waals surface area contributed by atoms with Gasteiger partial charge in [0.05, 0.1) is 0 Å². The van der Waals surface area contributed by atoms with Gasteiger partial charge in [-0.2, -0.15) is 18.9 Å². The lowest BCUT2D eigenvalue weighted by Crippen LogP contribution is -2.21. The second kappa shape index (κ2) is 6.87. The van der Waals surface area contributed by atoms with Gasteiger partial charge in [0.2, 0.25) is 5.95 Å². The van der Waals surface area contributed by atoms with Crippen LogP contribution in [0.5, 0.6) is 5.75 Å². The summed E-state index contributed by atoms with van der Waals surface area (Å²) in [6.07, 6.45) is 3.34. The topological polar surface area (TPSA) is 52.0 Å². The van der Waals surface area contributed by atoms with Gasteiger partial charge in [0.15, 0.2) is 0 Å². The van der Waals surface area contributed by atoms with Crippen LogP contribution in [0.3, 0.4) is 0 Å². The number of benzene rings is 2. The zero-order valence-electron chi connectivity index (χ0n) is 13.3. The van der Waals surface area contributed by atoms with Gasteiger partial charge in [-0.1, -0.05) is 46.3 Å². The molecule has 1 aliphatic heterocycles. The highest BCUT2D eigenvalue weighted by Gasteiger charge is 2.26. The van der Waals surface area contributed by atoms with E-state index >= 15 is 0 Å². The van der Waals surface area contributed by atoms with Crippen molar-refractivity contribution in [3.05, 3.63) is 76.5 Å². The molecule has 1 N–H and O–H groups in total. The second-order valence-corrected chi connectivity index (χ2v) is 6.52. The Labute approximate surface area is 156 Å². The van der Waals surface area contributed by atoms with Crippen LogP contribution in [0, 0.1) is 0 Å². The SMILES string of the molecule is FC(F)Oc1ccccc1C1C=C(c2ccc(Br)cc2)Nc2ncnn21. The Hall–Kier alpha value is -2.74. The van der Waals surface area contributed by atoms with Gasteiger partial charge in [-0.05, 0) is 29.8 Å². The number of nitrogens with zero attached hydrogens (tertiary/aromatic N) is 3. The second-order valence-electron chi connectivity index (χ2n) is 5.60. The summed E-state index contributed by atoms with van der Waals surface area (Å²) < 4.78 is 32.9. The van der Waals surface area contributed by atoms with E-state index in [2.05, 4.69) is 31.3 Å². The molecule has 2 aromatic carbocycles. The molecule has 1 aromatic heterocycles. The van der Waals surface area contributed by atoms with Crippen molar-refractivity contribution in [3.8, 4) is 5.75 Å². The first-order valence-corrected chi connectivity index (χ1v) is 8.59. The van der Waals surface area contributed by atoms with Crippen LogP contribution in [-0.4, -0.2) is 21.4 Å². The lowest BCUT2D eigenvalue weighted by Gasteiger charge is -2.25. The minimum atomic E-state index is -2.90. The highest BCUT2D eigenvalue weighted by molar-refractivity contribution is 9.10. The molecule has 0 saturated carbocycles. The van der Waals surface area contributed by atoms with E-state index in [4.69, 9.17) is 4.74 Å². The number of para-hydroxylation sites is 1. The summed E-state index contributed by atoms with van der Waals surface area (Å²) in [4.78, 5) is 4.22. The number of allylic oxidation sites excluding steroid dienone is 1. The van der Waals surface area contributed by atoms with Gasteiger partial charge in [0.25, 0.3) is 0 Å². The molecule has 0 bridgehead atoms. The van der Waals surface area contributed by atoms with E-state index < -0.39 is 12.7 Å². The summed E-state index contributed by atoms with van der Waals surface area (Å²) in [5.41, 5.74) is 2.34. The largest absolute Gasteiger partial charge is 0.434 e. The summed E-state index contributed by atoms with van der Waals surface area (Å²) in [6, 6.07) is 14.0. The molecule has 1 unspecified atom stereocenters. The van der Waals surface area contributed by atoms with E-state index in [-0.39, 0.29) is 5.75 Å². The van der Waals surface area contributed by atoms with Crippen molar-refractivity contribution in [1.29, 1.82) is 0 Å². The number of nitrogens with one attached hydrogen (secondary N) is 1. The molecular formula is C18H13BrF2N4O. The van der Waals surface area contributed by atoms with E-state index in [0.717, 1.165) is 15.7 Å². The number of alkyl halides is 2. The average Bonchev–Trinajstić information content (AvgIpc) is 3.10. The maximum Gasteiger partial charge on any atom is 0.387 e. The Morgan fingerprint density at radius 2 is 1.88 bits per heavy atom. The van der Waals surface area contributed by atoms with Crippen LogP contribution in [0.1, 0.15) is 17.2 Å². The Kier molecular flexibility index (Phi) is 4.42. The van der Waals surface area contributed by atoms with Crippen LogP contribution in [0.2, 0.25) is 0 Å². The molecule has 2 heterocycles. The number of aromatic nitrogens is 3. The summed E-state index contributed by atoms with van der Waals surface area (Å²) >= 11 is 3.42. The monoisotopic (exact) mass is 418 g/mol. The van der Waals surface area contributed by atoms with E-state index in [9.17, 15) is 8.78 Å². The minimum absolute atomic E-state index is 0.113. The number of hydrogen-bond donors (Lipinski definition) is 1. The van der Waals surface area contributed by atoms with Gasteiger partial charge in [-0.15, -0.1) is 0 Å². The molecule has 8 heteroatoms. The smallest absolute Gasteiger partial charge is 0.387 e. The lowest BCUT2D eigenvalue weighted by atomic mass is 10.0. The first-order valence-electron chi connectivity index (χ1n) is 7.80. The quantitative estimate of drug-likeness (QED) is 0.667. The number of rotatable bonds is 4. The fraction of sp³-hybridized carbons (Fsp3) is 0.111. The Bertz CT molecular complexity index is 956. The van der Waals surface area contributed by atoms with Gasteiger partial charge < -0.3 is 10.1 Å². The Morgan fingerprint density at radius 1 is 1.12 bits per heavy atom. The predicted molar refractivity (Wildman–Crippen MR) is 97.0 cm³/mol. The molecule has 0 radical (unpaired) electrons. The molecule has 0 spiro atoms. The molecule has 1 aliphatic rings. The van der Waals surface area contributed by atoms with Gasteiger partial charge in [-0.3, -0.25) is 0 Å². The maximum absolute atomic E-state index is 12.8. The van der Waals surface area contributed by atoms with E-state index in [1.807, 2.05) is 30.3 Å².